The van der Waals surface area contributed by atoms with Crippen LogP contribution >= 0.6 is 23.8 Å². The maximum absolute atomic E-state index is 6.05. The van der Waals surface area contributed by atoms with E-state index in [2.05, 4.69) is 16.1 Å². The van der Waals surface area contributed by atoms with Crippen molar-refractivity contribution in [2.45, 2.75) is 26.7 Å². The second-order valence-corrected chi connectivity index (χ2v) is 6.41. The van der Waals surface area contributed by atoms with Crippen molar-refractivity contribution in [2.24, 2.45) is 0 Å². The molecule has 0 bridgehead atoms. The molecule has 2 aromatic heterocycles. The smallest absolute Gasteiger partial charge is 0.199 e. The molecule has 0 spiro atoms. The number of hydrogen-bond donors (Lipinski definition) is 0. The molecule has 0 saturated carbocycles. The molecule has 24 heavy (non-hydrogen) atoms. The van der Waals surface area contributed by atoms with Gasteiger partial charge in [0.25, 0.3) is 0 Å². The highest BCUT2D eigenvalue weighted by atomic mass is 35.5. The van der Waals surface area contributed by atoms with Crippen molar-refractivity contribution in [3.05, 3.63) is 58.0 Å². The monoisotopic (exact) mass is 362 g/mol. The molecule has 0 aliphatic carbocycles. The number of halogens is 1. The van der Waals surface area contributed by atoms with E-state index in [1.807, 2.05) is 53.6 Å². The molecule has 0 N–H and O–H groups in total. The van der Waals surface area contributed by atoms with Crippen LogP contribution in [0.3, 0.4) is 0 Å². The molecule has 0 saturated heterocycles. The molecule has 3 rings (SSSR count). The van der Waals surface area contributed by atoms with Crippen LogP contribution in [0.5, 0.6) is 0 Å². The molecule has 2 heterocycles. The van der Waals surface area contributed by atoms with E-state index in [0.29, 0.717) is 11.4 Å². The Morgan fingerprint density at radius 3 is 2.79 bits per heavy atom. The van der Waals surface area contributed by atoms with Gasteiger partial charge in [0.1, 0.15) is 0 Å². The van der Waals surface area contributed by atoms with Crippen LogP contribution in [0.2, 0.25) is 5.02 Å². The van der Waals surface area contributed by atoms with E-state index in [1.54, 1.807) is 6.26 Å². The van der Waals surface area contributed by atoms with Gasteiger partial charge in [-0.1, -0.05) is 23.7 Å². The van der Waals surface area contributed by atoms with Gasteiger partial charge in [-0.3, -0.25) is 9.47 Å². The van der Waals surface area contributed by atoms with Crippen LogP contribution in [-0.4, -0.2) is 26.3 Å². The van der Waals surface area contributed by atoms with E-state index in [0.717, 1.165) is 35.3 Å². The lowest BCUT2D eigenvalue weighted by atomic mass is 10.2. The molecule has 0 aliphatic rings. The number of hydrogen-bond acceptors (Lipinski definition) is 4. The van der Waals surface area contributed by atoms with Gasteiger partial charge in [-0.25, -0.2) is 4.68 Å². The molecule has 5 nitrogen and oxygen atoms in total. The van der Waals surface area contributed by atoms with E-state index in [4.69, 9.17) is 28.2 Å². The van der Waals surface area contributed by atoms with Gasteiger partial charge in [0.15, 0.2) is 16.4 Å². The first-order valence-electron chi connectivity index (χ1n) is 7.73. The molecule has 0 unspecified atom stereocenters. The van der Waals surface area contributed by atoms with Gasteiger partial charge in [0.05, 0.1) is 12.9 Å². The second-order valence-electron chi connectivity index (χ2n) is 5.61. The van der Waals surface area contributed by atoms with Crippen molar-refractivity contribution in [3.8, 4) is 11.6 Å². The fourth-order valence-corrected chi connectivity index (χ4v) is 3.16. The van der Waals surface area contributed by atoms with Crippen LogP contribution in [0.1, 0.15) is 12.5 Å². The maximum Gasteiger partial charge on any atom is 0.199 e. The predicted molar refractivity (Wildman–Crippen MR) is 97.3 cm³/mol. The fraction of sp³-hybridized carbons (Fsp3) is 0.294. The summed E-state index contributed by atoms with van der Waals surface area (Å²) in [7, 11) is 2.03. The van der Waals surface area contributed by atoms with Crippen LogP contribution < -0.4 is 0 Å². The third-order valence-electron chi connectivity index (χ3n) is 3.70. The van der Waals surface area contributed by atoms with Gasteiger partial charge in [-0.15, -0.1) is 5.10 Å². The zero-order chi connectivity index (χ0) is 17.1. The Kier molecular flexibility index (Phi) is 5.18. The van der Waals surface area contributed by atoms with E-state index < -0.39 is 0 Å². The summed E-state index contributed by atoms with van der Waals surface area (Å²) in [6.45, 7) is 4.14. The Hall–Kier alpha value is -1.89. The molecule has 0 atom stereocenters. The topological polar surface area (TPSA) is 39.1 Å². The molecular weight excluding hydrogens is 344 g/mol. The highest BCUT2D eigenvalue weighted by molar-refractivity contribution is 7.71. The zero-order valence-corrected chi connectivity index (χ0v) is 15.2. The number of benzene rings is 1. The molecule has 0 fully saturated rings. The third-order valence-corrected chi connectivity index (χ3v) is 4.36. The molecule has 1 aromatic carbocycles. The Labute approximate surface area is 151 Å². The van der Waals surface area contributed by atoms with E-state index in [9.17, 15) is 0 Å². The Morgan fingerprint density at radius 1 is 1.29 bits per heavy atom. The summed E-state index contributed by atoms with van der Waals surface area (Å²) < 4.78 is 9.95. The van der Waals surface area contributed by atoms with Crippen molar-refractivity contribution in [2.75, 3.05) is 7.05 Å². The number of nitrogens with zero attached hydrogens (tertiary/aromatic N) is 4. The first kappa shape index (κ1) is 17.0. The average Bonchev–Trinajstić information content (AvgIpc) is 3.16. The summed E-state index contributed by atoms with van der Waals surface area (Å²) in [5, 5.41) is 5.38. The van der Waals surface area contributed by atoms with Gasteiger partial charge in [0, 0.05) is 18.1 Å². The standard InChI is InChI=1S/C17H19ClN4OS/c1-3-21-16(15-8-5-9-23-15)19-22(17(21)24)12-20(2)11-13-6-4-7-14(18)10-13/h4-10H,3,11-12H2,1-2H3. The SMILES string of the molecule is CCn1c(-c2ccco2)nn(CN(C)Cc2cccc(Cl)c2)c1=S. The van der Waals surface area contributed by atoms with Gasteiger partial charge in [-0.2, -0.15) is 0 Å². The molecule has 126 valence electrons. The summed E-state index contributed by atoms with van der Waals surface area (Å²) in [5.41, 5.74) is 1.15. The minimum Gasteiger partial charge on any atom is -0.461 e. The van der Waals surface area contributed by atoms with Gasteiger partial charge >= 0.3 is 0 Å². The third kappa shape index (κ3) is 3.61. The summed E-state index contributed by atoms with van der Waals surface area (Å²) in [5.74, 6) is 1.47. The van der Waals surface area contributed by atoms with Crippen LogP contribution in [-0.2, 0) is 19.8 Å². The first-order valence-corrected chi connectivity index (χ1v) is 8.51. The predicted octanol–water partition coefficient (Wildman–Crippen LogP) is 4.44. The lowest BCUT2D eigenvalue weighted by molar-refractivity contribution is 0.244. The fourth-order valence-electron chi connectivity index (χ4n) is 2.63. The summed E-state index contributed by atoms with van der Waals surface area (Å²) in [6, 6.07) is 11.6. The highest BCUT2D eigenvalue weighted by Crippen LogP contribution is 2.19. The number of rotatable bonds is 6. The van der Waals surface area contributed by atoms with Crippen LogP contribution in [0.15, 0.2) is 47.1 Å². The Morgan fingerprint density at radius 2 is 2.12 bits per heavy atom. The first-order chi connectivity index (χ1) is 11.6. The van der Waals surface area contributed by atoms with Crippen LogP contribution in [0.25, 0.3) is 11.6 Å². The molecule has 0 radical (unpaired) electrons. The molecule has 0 aliphatic heterocycles. The molecule has 7 heteroatoms. The van der Waals surface area contributed by atoms with E-state index in [-0.39, 0.29) is 0 Å². The molecular formula is C17H19ClN4OS. The van der Waals surface area contributed by atoms with Crippen molar-refractivity contribution in [1.29, 1.82) is 0 Å². The van der Waals surface area contributed by atoms with E-state index in [1.165, 1.54) is 0 Å². The zero-order valence-electron chi connectivity index (χ0n) is 13.6. The van der Waals surface area contributed by atoms with Gasteiger partial charge in [-0.05, 0) is 56.0 Å². The molecule has 3 aromatic rings. The largest absolute Gasteiger partial charge is 0.461 e. The quantitative estimate of drug-likeness (QED) is 0.608. The van der Waals surface area contributed by atoms with Gasteiger partial charge in [0.2, 0.25) is 0 Å². The Balaban J connectivity index is 1.81. The normalized spacial score (nSPS) is 11.3. The minimum absolute atomic E-state index is 0.589. The summed E-state index contributed by atoms with van der Waals surface area (Å²) >= 11 is 11.6. The second kappa shape index (κ2) is 7.34. The lowest BCUT2D eigenvalue weighted by Gasteiger charge is -2.16. The van der Waals surface area contributed by atoms with Crippen molar-refractivity contribution >= 4 is 23.8 Å². The maximum atomic E-state index is 6.05. The summed E-state index contributed by atoms with van der Waals surface area (Å²) in [6.07, 6.45) is 1.64. The van der Waals surface area contributed by atoms with Gasteiger partial charge < -0.3 is 4.42 Å². The minimum atomic E-state index is 0.589. The summed E-state index contributed by atoms with van der Waals surface area (Å²) in [4.78, 5) is 2.14. The van der Waals surface area contributed by atoms with Crippen molar-refractivity contribution in [3.63, 3.8) is 0 Å². The Bertz CT molecular complexity index is 869. The number of aromatic nitrogens is 3. The van der Waals surface area contributed by atoms with Crippen LogP contribution in [0, 0.1) is 4.77 Å². The van der Waals surface area contributed by atoms with Crippen molar-refractivity contribution < 1.29 is 4.42 Å². The molecule has 0 amide bonds. The van der Waals surface area contributed by atoms with Crippen LogP contribution in [0.4, 0.5) is 0 Å². The van der Waals surface area contributed by atoms with E-state index >= 15 is 0 Å². The highest BCUT2D eigenvalue weighted by Gasteiger charge is 2.14. The number of furan rings is 1. The lowest BCUT2D eigenvalue weighted by Crippen LogP contribution is -2.22. The average molecular weight is 363 g/mol. The van der Waals surface area contributed by atoms with Crippen molar-refractivity contribution in [1.82, 2.24) is 19.2 Å².